The van der Waals surface area contributed by atoms with Gasteiger partial charge < -0.3 is 15.4 Å². The first kappa shape index (κ1) is 25.7. The van der Waals surface area contributed by atoms with Crippen molar-refractivity contribution in [3.63, 3.8) is 0 Å². The lowest BCUT2D eigenvalue weighted by molar-refractivity contribution is 0.262. The van der Waals surface area contributed by atoms with E-state index in [2.05, 4.69) is 58.1 Å². The SMILES string of the molecule is Cc1cccc(NC(=O)Nc2cc(-c3ccccc3-c3nn[nH]n3)ccc2Oc2ccccc2C(C)(C)C)c1. The van der Waals surface area contributed by atoms with Gasteiger partial charge in [-0.25, -0.2) is 4.79 Å². The van der Waals surface area contributed by atoms with Crippen LogP contribution in [0.2, 0.25) is 0 Å². The number of hydrogen-bond acceptors (Lipinski definition) is 5. The number of nitrogens with zero attached hydrogens (tertiary/aromatic N) is 3. The monoisotopic (exact) mass is 518 g/mol. The Balaban J connectivity index is 1.54. The molecule has 3 N–H and O–H groups in total. The Morgan fingerprint density at radius 2 is 1.59 bits per heavy atom. The molecule has 196 valence electrons. The van der Waals surface area contributed by atoms with Gasteiger partial charge in [-0.1, -0.05) is 81.4 Å². The van der Waals surface area contributed by atoms with Gasteiger partial charge in [-0.2, -0.15) is 5.21 Å². The highest BCUT2D eigenvalue weighted by atomic mass is 16.5. The minimum atomic E-state index is -0.377. The Bertz CT molecular complexity index is 1610. The molecule has 0 atom stereocenters. The Labute approximate surface area is 227 Å². The lowest BCUT2D eigenvalue weighted by Crippen LogP contribution is -2.20. The van der Waals surface area contributed by atoms with Gasteiger partial charge in [-0.3, -0.25) is 0 Å². The first-order chi connectivity index (χ1) is 18.8. The highest BCUT2D eigenvalue weighted by molar-refractivity contribution is 6.01. The molecule has 4 aromatic carbocycles. The maximum Gasteiger partial charge on any atom is 0.323 e. The molecular formula is C31H30N6O2. The van der Waals surface area contributed by atoms with Crippen molar-refractivity contribution < 1.29 is 9.53 Å². The topological polar surface area (TPSA) is 105 Å². The summed E-state index contributed by atoms with van der Waals surface area (Å²) in [5.41, 5.74) is 5.77. The quantitative estimate of drug-likeness (QED) is 0.215. The molecule has 8 heteroatoms. The lowest BCUT2D eigenvalue weighted by Gasteiger charge is -2.23. The molecule has 0 spiro atoms. The van der Waals surface area contributed by atoms with Crippen LogP contribution in [0.15, 0.2) is 91.0 Å². The first-order valence-electron chi connectivity index (χ1n) is 12.7. The highest BCUT2D eigenvalue weighted by Crippen LogP contribution is 2.39. The molecule has 0 bridgehead atoms. The van der Waals surface area contributed by atoms with Crippen LogP contribution in [0.5, 0.6) is 11.5 Å². The number of aryl methyl sites for hydroxylation is 1. The average Bonchev–Trinajstić information content (AvgIpc) is 3.44. The summed E-state index contributed by atoms with van der Waals surface area (Å²) in [6, 6.07) is 28.7. The summed E-state index contributed by atoms with van der Waals surface area (Å²) in [5.74, 6) is 1.73. The number of aromatic nitrogens is 4. The number of aromatic amines is 1. The number of H-pyrrole nitrogens is 1. The Morgan fingerprint density at radius 3 is 2.33 bits per heavy atom. The number of hydrogen-bond donors (Lipinski definition) is 3. The summed E-state index contributed by atoms with van der Waals surface area (Å²) < 4.78 is 6.45. The third-order valence-corrected chi connectivity index (χ3v) is 6.24. The molecule has 0 unspecified atom stereocenters. The fourth-order valence-electron chi connectivity index (χ4n) is 4.39. The number of carbonyl (C=O) groups excluding carboxylic acids is 1. The van der Waals surface area contributed by atoms with E-state index in [1.54, 1.807) is 0 Å². The van der Waals surface area contributed by atoms with Gasteiger partial charge in [0.05, 0.1) is 5.69 Å². The van der Waals surface area contributed by atoms with Gasteiger partial charge in [0, 0.05) is 16.8 Å². The minimum absolute atomic E-state index is 0.129. The van der Waals surface area contributed by atoms with Crippen LogP contribution >= 0.6 is 0 Å². The van der Waals surface area contributed by atoms with Crippen molar-refractivity contribution in [1.82, 2.24) is 20.6 Å². The first-order valence-corrected chi connectivity index (χ1v) is 12.7. The van der Waals surface area contributed by atoms with E-state index in [1.807, 2.05) is 91.9 Å². The second kappa shape index (κ2) is 10.8. The summed E-state index contributed by atoms with van der Waals surface area (Å²) in [4.78, 5) is 13.1. The molecule has 5 rings (SSSR count). The van der Waals surface area contributed by atoms with Gasteiger partial charge in [0.25, 0.3) is 0 Å². The molecule has 0 aliphatic carbocycles. The molecule has 0 fully saturated rings. The smallest absolute Gasteiger partial charge is 0.323 e. The van der Waals surface area contributed by atoms with Gasteiger partial charge in [-0.15, -0.1) is 10.2 Å². The zero-order valence-electron chi connectivity index (χ0n) is 22.3. The van der Waals surface area contributed by atoms with E-state index in [0.717, 1.165) is 33.6 Å². The van der Waals surface area contributed by atoms with Gasteiger partial charge in [0.15, 0.2) is 5.75 Å². The van der Waals surface area contributed by atoms with E-state index in [1.165, 1.54) is 0 Å². The van der Waals surface area contributed by atoms with Crippen molar-refractivity contribution in [2.24, 2.45) is 0 Å². The molecule has 8 nitrogen and oxygen atoms in total. The van der Waals surface area contributed by atoms with Crippen molar-refractivity contribution in [2.75, 3.05) is 10.6 Å². The second-order valence-corrected chi connectivity index (χ2v) is 10.3. The molecule has 0 radical (unpaired) electrons. The third kappa shape index (κ3) is 5.96. The molecule has 1 heterocycles. The fraction of sp³-hybridized carbons (Fsp3) is 0.161. The number of nitrogens with one attached hydrogen (secondary N) is 3. The summed E-state index contributed by atoms with van der Waals surface area (Å²) >= 11 is 0. The molecule has 0 saturated heterocycles. The highest BCUT2D eigenvalue weighted by Gasteiger charge is 2.21. The number of para-hydroxylation sites is 1. The van der Waals surface area contributed by atoms with Crippen molar-refractivity contribution in [1.29, 1.82) is 0 Å². The van der Waals surface area contributed by atoms with E-state index in [0.29, 0.717) is 22.9 Å². The number of carbonyl (C=O) groups is 1. The number of anilines is 2. The van der Waals surface area contributed by atoms with Crippen LogP contribution in [-0.2, 0) is 5.41 Å². The molecule has 0 aliphatic rings. The van der Waals surface area contributed by atoms with Crippen molar-refractivity contribution in [3.8, 4) is 34.0 Å². The minimum Gasteiger partial charge on any atom is -0.455 e. The Kier molecular flexibility index (Phi) is 7.10. The van der Waals surface area contributed by atoms with E-state index in [9.17, 15) is 4.79 Å². The molecule has 5 aromatic rings. The summed E-state index contributed by atoms with van der Waals surface area (Å²) in [6.45, 7) is 8.40. The lowest BCUT2D eigenvalue weighted by atomic mass is 9.86. The molecule has 39 heavy (non-hydrogen) atoms. The van der Waals surface area contributed by atoms with E-state index < -0.39 is 0 Å². The van der Waals surface area contributed by atoms with Crippen molar-refractivity contribution >= 4 is 17.4 Å². The molecule has 2 amide bonds. The number of benzene rings is 4. The molecular weight excluding hydrogens is 488 g/mol. The van der Waals surface area contributed by atoms with Crippen LogP contribution in [0.25, 0.3) is 22.5 Å². The third-order valence-electron chi connectivity index (χ3n) is 6.24. The van der Waals surface area contributed by atoms with E-state index in [4.69, 9.17) is 4.74 Å². The summed E-state index contributed by atoms with van der Waals surface area (Å²) in [6.07, 6.45) is 0. The zero-order valence-corrected chi connectivity index (χ0v) is 22.3. The fourth-order valence-corrected chi connectivity index (χ4v) is 4.39. The van der Waals surface area contributed by atoms with Gasteiger partial charge in [0.1, 0.15) is 5.75 Å². The van der Waals surface area contributed by atoms with Crippen LogP contribution in [0.3, 0.4) is 0 Å². The largest absolute Gasteiger partial charge is 0.455 e. The van der Waals surface area contributed by atoms with Gasteiger partial charge in [-0.05, 0) is 64.6 Å². The van der Waals surface area contributed by atoms with Gasteiger partial charge in [0.2, 0.25) is 5.82 Å². The zero-order chi connectivity index (χ0) is 27.4. The predicted octanol–water partition coefficient (Wildman–Crippen LogP) is 7.58. The average molecular weight is 519 g/mol. The van der Waals surface area contributed by atoms with Crippen LogP contribution in [0.4, 0.5) is 16.2 Å². The van der Waals surface area contributed by atoms with Crippen molar-refractivity contribution in [2.45, 2.75) is 33.1 Å². The maximum absolute atomic E-state index is 13.1. The van der Waals surface area contributed by atoms with Crippen LogP contribution in [0, 0.1) is 6.92 Å². The molecule has 1 aromatic heterocycles. The second-order valence-electron chi connectivity index (χ2n) is 10.3. The number of ether oxygens (including phenoxy) is 1. The van der Waals surface area contributed by atoms with Crippen LogP contribution in [0.1, 0.15) is 31.9 Å². The van der Waals surface area contributed by atoms with E-state index in [-0.39, 0.29) is 11.4 Å². The summed E-state index contributed by atoms with van der Waals surface area (Å²) in [5, 5.41) is 20.4. The Morgan fingerprint density at radius 1 is 0.821 bits per heavy atom. The maximum atomic E-state index is 13.1. The molecule has 0 saturated carbocycles. The predicted molar refractivity (Wildman–Crippen MR) is 154 cm³/mol. The summed E-state index contributed by atoms with van der Waals surface area (Å²) in [7, 11) is 0. The van der Waals surface area contributed by atoms with Crippen LogP contribution in [-0.4, -0.2) is 26.7 Å². The van der Waals surface area contributed by atoms with E-state index >= 15 is 0 Å². The van der Waals surface area contributed by atoms with Crippen LogP contribution < -0.4 is 15.4 Å². The van der Waals surface area contributed by atoms with Gasteiger partial charge >= 0.3 is 6.03 Å². The van der Waals surface area contributed by atoms with Crippen molar-refractivity contribution in [3.05, 3.63) is 102 Å². The number of rotatable bonds is 6. The molecule has 0 aliphatic heterocycles. The Hall–Kier alpha value is -4.98. The normalized spacial score (nSPS) is 11.2. The number of amides is 2. The standard InChI is InChI=1S/C31H30N6O2/c1-20-10-9-11-22(18-20)32-30(38)33-26-19-21(23-12-5-6-13-24(23)29-34-36-37-35-29)16-17-28(26)39-27-15-8-7-14-25(27)31(2,3)4/h5-19H,1-4H3,(H2,32,33,38)(H,34,35,36,37). The number of urea groups is 1. The number of tetrazole rings is 1.